The zero-order valence-electron chi connectivity index (χ0n) is 11.7. The number of nitrogens with zero attached hydrogens (tertiary/aromatic N) is 2. The summed E-state index contributed by atoms with van der Waals surface area (Å²) in [6.45, 7) is 9.25. The van der Waals surface area contributed by atoms with Gasteiger partial charge in [0.15, 0.2) is 0 Å². The van der Waals surface area contributed by atoms with E-state index in [9.17, 15) is 5.11 Å². The van der Waals surface area contributed by atoms with E-state index in [4.69, 9.17) is 0 Å². The van der Waals surface area contributed by atoms with E-state index in [1.165, 1.54) is 25.7 Å². The Morgan fingerprint density at radius 1 is 1.18 bits per heavy atom. The predicted molar refractivity (Wildman–Crippen MR) is 71.1 cm³/mol. The van der Waals surface area contributed by atoms with E-state index in [2.05, 4.69) is 23.6 Å². The van der Waals surface area contributed by atoms with Crippen LogP contribution in [0, 0.1) is 13.8 Å². The highest BCUT2D eigenvalue weighted by molar-refractivity contribution is 5.26. The van der Waals surface area contributed by atoms with Crippen LogP contribution in [0.1, 0.15) is 69.0 Å². The third-order valence-electron chi connectivity index (χ3n) is 3.38. The first-order chi connectivity index (χ1) is 8.11. The maximum absolute atomic E-state index is 9.96. The Morgan fingerprint density at radius 3 is 2.47 bits per heavy atom. The number of aryl methyl sites for hydroxylation is 2. The first-order valence-corrected chi connectivity index (χ1v) is 6.83. The molecule has 3 nitrogen and oxygen atoms in total. The molecular formula is C14H26N2O. The molecule has 0 saturated heterocycles. The third-order valence-corrected chi connectivity index (χ3v) is 3.38. The van der Waals surface area contributed by atoms with Gasteiger partial charge in [-0.1, -0.05) is 33.1 Å². The van der Waals surface area contributed by atoms with Crippen LogP contribution in [0.2, 0.25) is 0 Å². The quantitative estimate of drug-likeness (QED) is 0.738. The Kier molecular flexibility index (Phi) is 5.69. The van der Waals surface area contributed by atoms with Crippen molar-refractivity contribution in [3.05, 3.63) is 17.0 Å². The molecule has 0 bridgehead atoms. The number of rotatable bonds is 7. The predicted octanol–water partition coefficient (Wildman–Crippen LogP) is 3.52. The molecule has 0 saturated carbocycles. The van der Waals surface area contributed by atoms with Gasteiger partial charge >= 0.3 is 0 Å². The molecule has 1 N–H and O–H groups in total. The van der Waals surface area contributed by atoms with E-state index in [-0.39, 0.29) is 6.10 Å². The Balaban J connectivity index is 2.68. The standard InChI is InChI=1S/C14H26N2O/c1-5-7-8-9-10-16-12(4)14(11(3)15-16)13(17)6-2/h13,17H,5-10H2,1-4H3. The smallest absolute Gasteiger partial charge is 0.0823 e. The molecule has 1 aromatic rings. The fourth-order valence-electron chi connectivity index (χ4n) is 2.30. The van der Waals surface area contributed by atoms with Crippen LogP contribution < -0.4 is 0 Å². The number of unbranched alkanes of at least 4 members (excludes halogenated alkanes) is 3. The fourth-order valence-corrected chi connectivity index (χ4v) is 2.30. The molecule has 1 atom stereocenters. The van der Waals surface area contributed by atoms with Crippen LogP contribution in [-0.2, 0) is 6.54 Å². The molecule has 0 fully saturated rings. The summed E-state index contributed by atoms with van der Waals surface area (Å²) in [5, 5.41) is 14.5. The van der Waals surface area contributed by atoms with Gasteiger partial charge in [-0.15, -0.1) is 0 Å². The van der Waals surface area contributed by atoms with Crippen LogP contribution >= 0.6 is 0 Å². The Hall–Kier alpha value is -0.830. The van der Waals surface area contributed by atoms with Gasteiger partial charge in [0.05, 0.1) is 11.8 Å². The molecule has 0 aliphatic heterocycles. The van der Waals surface area contributed by atoms with Gasteiger partial charge in [0.1, 0.15) is 0 Å². The van der Waals surface area contributed by atoms with Crippen molar-refractivity contribution in [3.63, 3.8) is 0 Å². The molecule has 98 valence electrons. The molecule has 1 heterocycles. The molecule has 1 aromatic heterocycles. The van der Waals surface area contributed by atoms with Gasteiger partial charge in [0.25, 0.3) is 0 Å². The van der Waals surface area contributed by atoms with Crippen LogP contribution in [-0.4, -0.2) is 14.9 Å². The van der Waals surface area contributed by atoms with Gasteiger partial charge in [-0.2, -0.15) is 5.10 Å². The first-order valence-electron chi connectivity index (χ1n) is 6.83. The highest BCUT2D eigenvalue weighted by Gasteiger charge is 2.17. The molecular weight excluding hydrogens is 212 g/mol. The van der Waals surface area contributed by atoms with Gasteiger partial charge in [-0.3, -0.25) is 4.68 Å². The van der Waals surface area contributed by atoms with Crippen LogP contribution in [0.5, 0.6) is 0 Å². The van der Waals surface area contributed by atoms with Crippen molar-refractivity contribution in [2.75, 3.05) is 0 Å². The van der Waals surface area contributed by atoms with Crippen molar-refractivity contribution in [3.8, 4) is 0 Å². The number of hydrogen-bond acceptors (Lipinski definition) is 2. The summed E-state index contributed by atoms with van der Waals surface area (Å²) in [5.41, 5.74) is 3.14. The van der Waals surface area contributed by atoms with E-state index >= 15 is 0 Å². The fraction of sp³-hybridized carbons (Fsp3) is 0.786. The zero-order chi connectivity index (χ0) is 12.8. The summed E-state index contributed by atoms with van der Waals surface area (Å²) in [6.07, 6.45) is 5.39. The molecule has 3 heteroatoms. The van der Waals surface area contributed by atoms with E-state index in [1.54, 1.807) is 0 Å². The summed E-state index contributed by atoms with van der Waals surface area (Å²) in [6, 6.07) is 0. The van der Waals surface area contributed by atoms with Crippen molar-refractivity contribution in [2.45, 2.75) is 72.4 Å². The highest BCUT2D eigenvalue weighted by Crippen LogP contribution is 2.24. The Labute approximate surface area is 105 Å². The maximum Gasteiger partial charge on any atom is 0.0823 e. The minimum atomic E-state index is -0.362. The average Bonchev–Trinajstić information content (AvgIpc) is 2.59. The SMILES string of the molecule is CCCCCCn1nc(C)c(C(O)CC)c1C. The lowest BCUT2D eigenvalue weighted by atomic mass is 10.1. The molecule has 0 amide bonds. The summed E-state index contributed by atoms with van der Waals surface area (Å²) in [5.74, 6) is 0. The van der Waals surface area contributed by atoms with Gasteiger partial charge in [0, 0.05) is 17.8 Å². The molecule has 0 aliphatic carbocycles. The van der Waals surface area contributed by atoms with E-state index in [1.807, 2.05) is 13.8 Å². The minimum Gasteiger partial charge on any atom is -0.388 e. The second kappa shape index (κ2) is 6.80. The van der Waals surface area contributed by atoms with Crippen LogP contribution in [0.25, 0.3) is 0 Å². The molecule has 1 rings (SSSR count). The van der Waals surface area contributed by atoms with Crippen molar-refractivity contribution < 1.29 is 5.11 Å². The van der Waals surface area contributed by atoms with E-state index in [0.29, 0.717) is 0 Å². The minimum absolute atomic E-state index is 0.362. The lowest BCUT2D eigenvalue weighted by Crippen LogP contribution is -2.04. The van der Waals surface area contributed by atoms with Crippen molar-refractivity contribution >= 4 is 0 Å². The lowest BCUT2D eigenvalue weighted by molar-refractivity contribution is 0.172. The molecule has 0 spiro atoms. The molecule has 17 heavy (non-hydrogen) atoms. The molecule has 1 unspecified atom stereocenters. The van der Waals surface area contributed by atoms with E-state index in [0.717, 1.165) is 29.9 Å². The number of aliphatic hydroxyl groups is 1. The summed E-state index contributed by atoms with van der Waals surface area (Å²) in [7, 11) is 0. The highest BCUT2D eigenvalue weighted by atomic mass is 16.3. The molecule has 0 aromatic carbocycles. The molecule has 0 aliphatic rings. The molecule has 0 radical (unpaired) electrons. The second-order valence-electron chi connectivity index (χ2n) is 4.79. The second-order valence-corrected chi connectivity index (χ2v) is 4.79. The summed E-state index contributed by atoms with van der Waals surface area (Å²) < 4.78 is 2.05. The van der Waals surface area contributed by atoms with Crippen molar-refractivity contribution in [1.82, 2.24) is 9.78 Å². The largest absolute Gasteiger partial charge is 0.388 e. The van der Waals surface area contributed by atoms with Crippen molar-refractivity contribution in [1.29, 1.82) is 0 Å². The number of hydrogen-bond donors (Lipinski definition) is 1. The summed E-state index contributed by atoms with van der Waals surface area (Å²) >= 11 is 0. The third kappa shape index (κ3) is 3.56. The van der Waals surface area contributed by atoms with Crippen LogP contribution in [0.4, 0.5) is 0 Å². The number of aromatic nitrogens is 2. The average molecular weight is 238 g/mol. The Bertz CT molecular complexity index is 344. The summed E-state index contributed by atoms with van der Waals surface area (Å²) in [4.78, 5) is 0. The van der Waals surface area contributed by atoms with E-state index < -0.39 is 0 Å². The first kappa shape index (κ1) is 14.2. The van der Waals surface area contributed by atoms with Gasteiger partial charge in [0.2, 0.25) is 0 Å². The van der Waals surface area contributed by atoms with Crippen LogP contribution in [0.15, 0.2) is 0 Å². The number of aliphatic hydroxyl groups excluding tert-OH is 1. The van der Waals surface area contributed by atoms with Gasteiger partial charge < -0.3 is 5.11 Å². The normalized spacial score (nSPS) is 13.0. The zero-order valence-corrected chi connectivity index (χ0v) is 11.7. The maximum atomic E-state index is 9.96. The topological polar surface area (TPSA) is 38.0 Å². The monoisotopic (exact) mass is 238 g/mol. The van der Waals surface area contributed by atoms with Gasteiger partial charge in [-0.25, -0.2) is 0 Å². The Morgan fingerprint density at radius 2 is 1.88 bits per heavy atom. The lowest BCUT2D eigenvalue weighted by Gasteiger charge is -2.09. The van der Waals surface area contributed by atoms with Crippen LogP contribution in [0.3, 0.4) is 0 Å². The van der Waals surface area contributed by atoms with Gasteiger partial charge in [-0.05, 0) is 26.7 Å². The van der Waals surface area contributed by atoms with Crippen molar-refractivity contribution in [2.24, 2.45) is 0 Å².